The second kappa shape index (κ2) is 11.5. The summed E-state index contributed by atoms with van der Waals surface area (Å²) >= 11 is 0. The molecule has 0 aliphatic carbocycles. The van der Waals surface area contributed by atoms with Crippen LogP contribution < -0.4 is 5.43 Å². The Morgan fingerprint density at radius 2 is 1.91 bits per heavy atom. The minimum Gasteiger partial charge on any atom is -0.466 e. The lowest BCUT2D eigenvalue weighted by Crippen LogP contribution is -2.30. The van der Waals surface area contributed by atoms with E-state index >= 15 is 0 Å². The summed E-state index contributed by atoms with van der Waals surface area (Å²) in [7, 11) is 1.33. The zero-order valence-corrected chi connectivity index (χ0v) is 14.6. The summed E-state index contributed by atoms with van der Waals surface area (Å²) in [6, 6.07) is 0. The maximum Gasteiger partial charge on any atom is 0.428 e. The highest BCUT2D eigenvalue weighted by Gasteiger charge is 2.15. The molecule has 6 nitrogen and oxygen atoms in total. The molecule has 0 aromatic carbocycles. The van der Waals surface area contributed by atoms with Gasteiger partial charge in [-0.15, -0.1) is 6.58 Å². The molecule has 0 aliphatic heterocycles. The molecule has 0 saturated carbocycles. The molecule has 0 rings (SSSR count). The predicted molar refractivity (Wildman–Crippen MR) is 91.2 cm³/mol. The average Bonchev–Trinajstić information content (AvgIpc) is 2.46. The number of amides is 1. The Kier molecular flexibility index (Phi) is 10.4. The Labute approximate surface area is 138 Å². The van der Waals surface area contributed by atoms with E-state index in [0.29, 0.717) is 12.8 Å². The van der Waals surface area contributed by atoms with E-state index in [4.69, 9.17) is 4.74 Å². The first kappa shape index (κ1) is 20.9. The Bertz CT molecular complexity index is 448. The van der Waals surface area contributed by atoms with E-state index in [-0.39, 0.29) is 5.97 Å². The van der Waals surface area contributed by atoms with Crippen molar-refractivity contribution in [2.75, 3.05) is 7.11 Å². The van der Waals surface area contributed by atoms with Crippen LogP contribution >= 0.6 is 0 Å². The van der Waals surface area contributed by atoms with E-state index in [0.717, 1.165) is 25.0 Å². The highest BCUT2D eigenvalue weighted by Crippen LogP contribution is 2.08. The van der Waals surface area contributed by atoms with Gasteiger partial charge in [0.15, 0.2) is 0 Å². The van der Waals surface area contributed by atoms with Gasteiger partial charge in [0.1, 0.15) is 5.60 Å². The van der Waals surface area contributed by atoms with Crippen LogP contribution in [-0.2, 0) is 14.3 Å². The summed E-state index contributed by atoms with van der Waals surface area (Å²) in [5.74, 6) is -0.387. The van der Waals surface area contributed by atoms with Crippen molar-refractivity contribution in [2.45, 2.75) is 58.5 Å². The van der Waals surface area contributed by atoms with Gasteiger partial charge in [-0.25, -0.2) is 15.0 Å². The molecule has 0 saturated heterocycles. The Hall–Kier alpha value is -2.11. The van der Waals surface area contributed by atoms with E-state index in [1.165, 1.54) is 13.2 Å². The molecule has 0 atom stereocenters. The quantitative estimate of drug-likeness (QED) is 0.175. The molecular formula is C17H28N2O4. The minimum atomic E-state index is -0.580. The van der Waals surface area contributed by atoms with Crippen LogP contribution in [0.4, 0.5) is 4.79 Å². The smallest absolute Gasteiger partial charge is 0.428 e. The standard InChI is InChI=1S/C17H28N2O4/c1-6-7-8-11-14(12-9-10-13-15(20)22-5)18-19-16(21)23-17(2,3)4/h6,10,13H,1,7-9,11-12H2,2-5H3,(H,19,21)/b13-10+,18-14+. The summed E-state index contributed by atoms with van der Waals surface area (Å²) in [6.07, 6.45) is 8.17. The van der Waals surface area contributed by atoms with Crippen LogP contribution in [-0.4, -0.2) is 30.5 Å². The fourth-order valence-electron chi connectivity index (χ4n) is 1.61. The van der Waals surface area contributed by atoms with Gasteiger partial charge in [-0.3, -0.25) is 0 Å². The first-order chi connectivity index (χ1) is 10.8. The molecule has 0 aromatic heterocycles. The number of hydrogen-bond donors (Lipinski definition) is 1. The van der Waals surface area contributed by atoms with Gasteiger partial charge in [-0.05, 0) is 52.9 Å². The van der Waals surface area contributed by atoms with Gasteiger partial charge in [-0.2, -0.15) is 5.10 Å². The topological polar surface area (TPSA) is 77.0 Å². The van der Waals surface area contributed by atoms with E-state index in [1.807, 2.05) is 6.08 Å². The normalized spacial score (nSPS) is 12.1. The summed E-state index contributed by atoms with van der Waals surface area (Å²) in [5, 5.41) is 4.12. The predicted octanol–water partition coefficient (Wildman–Crippen LogP) is 3.73. The third-order valence-corrected chi connectivity index (χ3v) is 2.63. The number of allylic oxidation sites excluding steroid dienone is 2. The summed E-state index contributed by atoms with van der Waals surface area (Å²) in [5.41, 5.74) is 2.69. The molecule has 0 aromatic rings. The van der Waals surface area contributed by atoms with Crippen molar-refractivity contribution in [3.8, 4) is 0 Å². The molecule has 0 heterocycles. The largest absolute Gasteiger partial charge is 0.466 e. The molecule has 0 bridgehead atoms. The summed E-state index contributed by atoms with van der Waals surface area (Å²) in [6.45, 7) is 9.06. The lowest BCUT2D eigenvalue weighted by molar-refractivity contribution is -0.134. The third-order valence-electron chi connectivity index (χ3n) is 2.63. The van der Waals surface area contributed by atoms with Crippen LogP contribution in [0.2, 0.25) is 0 Å². The number of hydrazone groups is 1. The molecule has 23 heavy (non-hydrogen) atoms. The number of carbonyl (C=O) groups is 2. The van der Waals surface area contributed by atoms with Gasteiger partial charge in [0.2, 0.25) is 0 Å². The maximum atomic E-state index is 11.6. The van der Waals surface area contributed by atoms with Crippen molar-refractivity contribution in [3.63, 3.8) is 0 Å². The van der Waals surface area contributed by atoms with Gasteiger partial charge in [0.05, 0.1) is 7.11 Å². The van der Waals surface area contributed by atoms with Crippen molar-refractivity contribution in [3.05, 3.63) is 24.8 Å². The Balaban J connectivity index is 4.50. The highest BCUT2D eigenvalue weighted by molar-refractivity contribution is 5.86. The number of carbonyl (C=O) groups excluding carboxylic acids is 2. The van der Waals surface area contributed by atoms with Crippen LogP contribution in [0.5, 0.6) is 0 Å². The zero-order valence-electron chi connectivity index (χ0n) is 14.6. The first-order valence-electron chi connectivity index (χ1n) is 7.68. The lowest BCUT2D eigenvalue weighted by atomic mass is 10.1. The third kappa shape index (κ3) is 13.3. The number of unbranched alkanes of at least 4 members (excludes halogenated alkanes) is 1. The molecule has 0 radical (unpaired) electrons. The van der Waals surface area contributed by atoms with Gasteiger partial charge in [0, 0.05) is 11.8 Å². The van der Waals surface area contributed by atoms with Crippen molar-refractivity contribution in [1.82, 2.24) is 5.43 Å². The molecule has 0 fully saturated rings. The second-order valence-electron chi connectivity index (χ2n) is 5.94. The number of hydrogen-bond acceptors (Lipinski definition) is 5. The molecule has 130 valence electrons. The Morgan fingerprint density at radius 1 is 1.22 bits per heavy atom. The number of ether oxygens (including phenoxy) is 2. The van der Waals surface area contributed by atoms with Crippen LogP contribution in [0.15, 0.2) is 29.9 Å². The zero-order chi connectivity index (χ0) is 17.7. The molecule has 0 aliphatic rings. The molecule has 1 N–H and O–H groups in total. The van der Waals surface area contributed by atoms with Gasteiger partial charge in [0.25, 0.3) is 0 Å². The first-order valence-corrected chi connectivity index (χ1v) is 7.68. The average molecular weight is 324 g/mol. The number of rotatable bonds is 9. The molecule has 6 heteroatoms. The molecule has 0 spiro atoms. The molecule has 0 unspecified atom stereocenters. The van der Waals surface area contributed by atoms with Crippen molar-refractivity contribution in [1.29, 1.82) is 0 Å². The molecular weight excluding hydrogens is 296 g/mol. The van der Waals surface area contributed by atoms with E-state index in [2.05, 4.69) is 21.8 Å². The summed E-state index contributed by atoms with van der Waals surface area (Å²) < 4.78 is 9.66. The van der Waals surface area contributed by atoms with E-state index < -0.39 is 11.7 Å². The lowest BCUT2D eigenvalue weighted by Gasteiger charge is -2.18. The van der Waals surface area contributed by atoms with Crippen molar-refractivity contribution in [2.24, 2.45) is 5.10 Å². The Morgan fingerprint density at radius 3 is 2.48 bits per heavy atom. The maximum absolute atomic E-state index is 11.6. The van der Waals surface area contributed by atoms with Gasteiger partial charge < -0.3 is 9.47 Å². The molecule has 1 amide bonds. The fraction of sp³-hybridized carbons (Fsp3) is 0.588. The number of nitrogens with zero attached hydrogens (tertiary/aromatic N) is 1. The van der Waals surface area contributed by atoms with Crippen LogP contribution in [0.3, 0.4) is 0 Å². The van der Waals surface area contributed by atoms with Crippen molar-refractivity contribution < 1.29 is 19.1 Å². The van der Waals surface area contributed by atoms with E-state index in [9.17, 15) is 9.59 Å². The fourth-order valence-corrected chi connectivity index (χ4v) is 1.61. The van der Waals surface area contributed by atoms with Gasteiger partial charge >= 0.3 is 12.1 Å². The second-order valence-corrected chi connectivity index (χ2v) is 5.94. The SMILES string of the molecule is C=CCCC/C(CC/C=C/C(=O)OC)=N\NC(=O)OC(C)(C)C. The van der Waals surface area contributed by atoms with Crippen LogP contribution in [0, 0.1) is 0 Å². The number of esters is 1. The summed E-state index contributed by atoms with van der Waals surface area (Å²) in [4.78, 5) is 22.6. The highest BCUT2D eigenvalue weighted by atomic mass is 16.6. The van der Waals surface area contributed by atoms with Crippen LogP contribution in [0.25, 0.3) is 0 Å². The monoisotopic (exact) mass is 324 g/mol. The number of methoxy groups -OCH3 is 1. The number of nitrogens with one attached hydrogen (secondary N) is 1. The van der Waals surface area contributed by atoms with E-state index in [1.54, 1.807) is 26.8 Å². The van der Waals surface area contributed by atoms with Gasteiger partial charge in [-0.1, -0.05) is 12.2 Å². The minimum absolute atomic E-state index is 0.387. The van der Waals surface area contributed by atoms with Crippen molar-refractivity contribution >= 4 is 17.8 Å². The van der Waals surface area contributed by atoms with Crippen LogP contribution in [0.1, 0.15) is 52.9 Å².